The zero-order valence-electron chi connectivity index (χ0n) is 23.5. The van der Waals surface area contributed by atoms with Crippen LogP contribution < -0.4 is 24.4 Å². The van der Waals surface area contributed by atoms with E-state index in [1.807, 2.05) is 43.3 Å². The second-order valence-corrected chi connectivity index (χ2v) is 12.7. The van der Waals surface area contributed by atoms with Gasteiger partial charge in [0.1, 0.15) is 6.61 Å². The number of hydrogen-bond acceptors (Lipinski definition) is 7. The van der Waals surface area contributed by atoms with Crippen LogP contribution in [0.25, 0.3) is 6.08 Å². The Kier molecular flexibility index (Phi) is 9.91. The first-order chi connectivity index (χ1) is 20.7. The first-order valence-electron chi connectivity index (χ1n) is 13.5. The molecule has 0 unspecified atom stereocenters. The average molecular weight is 747 g/mol. The van der Waals surface area contributed by atoms with Crippen molar-refractivity contribution >= 4 is 66.8 Å². The average Bonchev–Trinajstić information content (AvgIpc) is 3.28. The van der Waals surface area contributed by atoms with E-state index in [-0.39, 0.29) is 12.2 Å². The lowest BCUT2D eigenvalue weighted by molar-refractivity contribution is -0.139. The Balaban J connectivity index is 1.58. The number of esters is 1. The number of ether oxygens (including phenoxy) is 3. The smallest absolute Gasteiger partial charge is 0.338 e. The molecule has 7 nitrogen and oxygen atoms in total. The second kappa shape index (κ2) is 13.6. The van der Waals surface area contributed by atoms with Crippen LogP contribution in [0.4, 0.5) is 0 Å². The molecule has 0 spiro atoms. The maximum atomic E-state index is 14.0. The van der Waals surface area contributed by atoms with Crippen LogP contribution >= 0.6 is 54.8 Å². The summed E-state index contributed by atoms with van der Waals surface area (Å²) in [6, 6.07) is 17.9. The van der Waals surface area contributed by atoms with Gasteiger partial charge in [0, 0.05) is 14.0 Å². The van der Waals surface area contributed by atoms with E-state index in [0.717, 1.165) is 25.6 Å². The summed E-state index contributed by atoms with van der Waals surface area (Å²) in [6.07, 6.45) is 1.79. The second-order valence-electron chi connectivity index (χ2n) is 9.52. The van der Waals surface area contributed by atoms with E-state index in [1.165, 1.54) is 11.3 Å². The number of hydrogen-bond donors (Lipinski definition) is 0. The van der Waals surface area contributed by atoms with Gasteiger partial charge < -0.3 is 14.2 Å². The summed E-state index contributed by atoms with van der Waals surface area (Å²) < 4.78 is 21.1. The van der Waals surface area contributed by atoms with Crippen LogP contribution in [0.3, 0.4) is 0 Å². The SMILES string of the molecule is CCOC(=O)C1=C(C)N=c2s/c(=C\c3cc(OCC)c(OCc4ccc(Br)cc4)cc3Br)c(=O)n2[C@H]1c1ccc(Cl)cc1. The zero-order chi connectivity index (χ0) is 30.7. The van der Waals surface area contributed by atoms with Crippen molar-refractivity contribution in [1.29, 1.82) is 0 Å². The van der Waals surface area contributed by atoms with E-state index >= 15 is 0 Å². The molecule has 1 aromatic heterocycles. The Morgan fingerprint density at radius 1 is 1.02 bits per heavy atom. The minimum atomic E-state index is -0.716. The first kappa shape index (κ1) is 31.3. The number of rotatable bonds is 9. The van der Waals surface area contributed by atoms with Crippen molar-refractivity contribution in [2.75, 3.05) is 13.2 Å². The van der Waals surface area contributed by atoms with Gasteiger partial charge in [-0.3, -0.25) is 9.36 Å². The molecule has 0 radical (unpaired) electrons. The summed E-state index contributed by atoms with van der Waals surface area (Å²) in [5.74, 6) is 0.620. The van der Waals surface area contributed by atoms with E-state index in [0.29, 0.717) is 50.3 Å². The number of benzene rings is 3. The summed E-state index contributed by atoms with van der Waals surface area (Å²) in [4.78, 5) is 32.2. The third-order valence-corrected chi connectivity index (χ3v) is 9.11. The first-order valence-corrected chi connectivity index (χ1v) is 16.3. The van der Waals surface area contributed by atoms with Crippen LogP contribution in [0.5, 0.6) is 11.5 Å². The van der Waals surface area contributed by atoms with Gasteiger partial charge in [0.05, 0.1) is 35.1 Å². The van der Waals surface area contributed by atoms with Crippen molar-refractivity contribution in [2.24, 2.45) is 4.99 Å². The predicted molar refractivity (Wildman–Crippen MR) is 176 cm³/mol. The summed E-state index contributed by atoms with van der Waals surface area (Å²) in [7, 11) is 0. The summed E-state index contributed by atoms with van der Waals surface area (Å²) in [5, 5.41) is 0.550. The fourth-order valence-corrected chi connectivity index (χ4v) is 6.54. The maximum absolute atomic E-state index is 14.0. The molecule has 5 rings (SSSR count). The molecule has 1 atom stereocenters. The van der Waals surface area contributed by atoms with Crippen molar-refractivity contribution < 1.29 is 19.0 Å². The van der Waals surface area contributed by atoms with Gasteiger partial charge in [0.25, 0.3) is 5.56 Å². The van der Waals surface area contributed by atoms with E-state index in [2.05, 4.69) is 36.9 Å². The van der Waals surface area contributed by atoms with Gasteiger partial charge >= 0.3 is 5.97 Å². The van der Waals surface area contributed by atoms with Crippen molar-refractivity contribution in [3.63, 3.8) is 0 Å². The quantitative estimate of drug-likeness (QED) is 0.173. The third-order valence-electron chi connectivity index (χ3n) is 6.66. The standard InChI is InChI=1S/C32H27Br2ClN2O5S/c1-4-40-25-14-21(24(34)16-26(25)42-17-19-6-10-22(33)11-7-19)15-27-30(38)37-29(20-8-12-23(35)13-9-20)28(31(39)41-5-2)18(3)36-32(37)43-27/h6-16,29H,4-5,17H2,1-3H3/b27-15-/t29-/m0/s1. The lowest BCUT2D eigenvalue weighted by atomic mass is 9.96. The summed E-state index contributed by atoms with van der Waals surface area (Å²) >= 11 is 14.5. The molecule has 0 N–H and O–H groups in total. The van der Waals surface area contributed by atoms with Gasteiger partial charge in [-0.15, -0.1) is 0 Å². The van der Waals surface area contributed by atoms with E-state index in [4.69, 9.17) is 25.8 Å². The van der Waals surface area contributed by atoms with Crippen LogP contribution in [0.2, 0.25) is 5.02 Å². The molecule has 1 aliphatic heterocycles. The van der Waals surface area contributed by atoms with Gasteiger partial charge in [-0.1, -0.05) is 79.1 Å². The van der Waals surface area contributed by atoms with Gasteiger partial charge in [-0.2, -0.15) is 0 Å². The monoisotopic (exact) mass is 744 g/mol. The number of thiazole rings is 1. The minimum absolute atomic E-state index is 0.201. The van der Waals surface area contributed by atoms with Crippen LogP contribution in [0, 0.1) is 0 Å². The summed E-state index contributed by atoms with van der Waals surface area (Å²) in [6.45, 7) is 6.40. The molecule has 0 fully saturated rings. The van der Waals surface area contributed by atoms with E-state index < -0.39 is 12.0 Å². The molecule has 2 heterocycles. The Hall–Kier alpha value is -3.18. The van der Waals surface area contributed by atoms with E-state index in [1.54, 1.807) is 48.8 Å². The Bertz CT molecular complexity index is 1880. The van der Waals surface area contributed by atoms with Gasteiger partial charge in [-0.05, 0) is 79.9 Å². The lowest BCUT2D eigenvalue weighted by Crippen LogP contribution is -2.39. The highest BCUT2D eigenvalue weighted by Gasteiger charge is 2.33. The Labute approximate surface area is 274 Å². The molecule has 3 aromatic carbocycles. The van der Waals surface area contributed by atoms with Crippen molar-refractivity contribution in [3.05, 3.63) is 122 Å². The number of halogens is 3. The fourth-order valence-electron chi connectivity index (χ4n) is 4.68. The van der Waals surface area contributed by atoms with Gasteiger partial charge in [0.15, 0.2) is 16.3 Å². The zero-order valence-corrected chi connectivity index (χ0v) is 28.3. The molecular weight excluding hydrogens is 720 g/mol. The molecule has 4 aromatic rings. The van der Waals surface area contributed by atoms with E-state index in [9.17, 15) is 9.59 Å². The van der Waals surface area contributed by atoms with Crippen LogP contribution in [-0.2, 0) is 16.1 Å². The van der Waals surface area contributed by atoms with Crippen LogP contribution in [0.1, 0.15) is 43.5 Å². The number of aromatic nitrogens is 1. The lowest BCUT2D eigenvalue weighted by Gasteiger charge is -2.24. The molecule has 43 heavy (non-hydrogen) atoms. The molecule has 0 bridgehead atoms. The number of carbonyl (C=O) groups is 1. The Morgan fingerprint density at radius 3 is 2.40 bits per heavy atom. The molecule has 1 aliphatic rings. The maximum Gasteiger partial charge on any atom is 0.338 e. The molecule has 11 heteroatoms. The predicted octanol–water partition coefficient (Wildman–Crippen LogP) is 6.95. The van der Waals surface area contributed by atoms with Crippen molar-refractivity contribution in [3.8, 4) is 11.5 Å². The summed E-state index contributed by atoms with van der Waals surface area (Å²) in [5.41, 5.74) is 3.00. The number of carbonyl (C=O) groups excluding carboxylic acids is 1. The number of nitrogens with zero attached hydrogens (tertiary/aromatic N) is 2. The third kappa shape index (κ3) is 6.82. The highest BCUT2D eigenvalue weighted by molar-refractivity contribution is 9.10. The van der Waals surface area contributed by atoms with Gasteiger partial charge in [0.2, 0.25) is 0 Å². The molecule has 0 aliphatic carbocycles. The van der Waals surface area contributed by atoms with Crippen LogP contribution in [-0.4, -0.2) is 23.8 Å². The molecule has 0 saturated carbocycles. The fraction of sp³-hybridized carbons (Fsp3) is 0.219. The number of fused-ring (bicyclic) bond motifs is 1. The molecule has 222 valence electrons. The normalized spacial score (nSPS) is 14.7. The molecular formula is C32H27Br2ClN2O5S. The number of allylic oxidation sites excluding steroid dienone is 1. The van der Waals surface area contributed by atoms with Crippen LogP contribution in [0.15, 0.2) is 90.7 Å². The highest BCUT2D eigenvalue weighted by Crippen LogP contribution is 2.35. The van der Waals surface area contributed by atoms with Crippen molar-refractivity contribution in [2.45, 2.75) is 33.4 Å². The topological polar surface area (TPSA) is 79.1 Å². The highest BCUT2D eigenvalue weighted by atomic mass is 79.9. The minimum Gasteiger partial charge on any atom is -0.490 e. The largest absolute Gasteiger partial charge is 0.490 e. The van der Waals surface area contributed by atoms with Gasteiger partial charge in [-0.25, -0.2) is 9.79 Å². The Morgan fingerprint density at radius 2 is 1.72 bits per heavy atom. The molecule has 0 saturated heterocycles. The van der Waals surface area contributed by atoms with Crippen molar-refractivity contribution in [1.82, 2.24) is 4.57 Å². The molecule has 0 amide bonds.